The molecule has 2 aliphatic rings. The zero-order valence-electron chi connectivity index (χ0n) is 18.7. The van der Waals surface area contributed by atoms with E-state index in [4.69, 9.17) is 4.42 Å². The second kappa shape index (κ2) is 8.50. The van der Waals surface area contributed by atoms with Crippen molar-refractivity contribution in [3.63, 3.8) is 0 Å². The number of aryl methyl sites for hydroxylation is 1. The molecule has 6 heteroatoms. The number of halogens is 1. The highest BCUT2D eigenvalue weighted by atomic mass is 19.1. The molecule has 0 atom stereocenters. The van der Waals surface area contributed by atoms with Crippen molar-refractivity contribution >= 4 is 11.8 Å². The molecule has 5 nitrogen and oxygen atoms in total. The molecule has 0 unspecified atom stereocenters. The van der Waals surface area contributed by atoms with Gasteiger partial charge in [-0.25, -0.2) is 4.39 Å². The van der Waals surface area contributed by atoms with E-state index in [1.165, 1.54) is 6.07 Å². The second-order valence-corrected chi connectivity index (χ2v) is 9.08. The van der Waals surface area contributed by atoms with Crippen molar-refractivity contribution in [2.75, 3.05) is 13.1 Å². The lowest BCUT2D eigenvalue weighted by atomic mass is 9.84. The van der Waals surface area contributed by atoms with E-state index in [0.717, 1.165) is 23.5 Å². The summed E-state index contributed by atoms with van der Waals surface area (Å²) < 4.78 is 19.9. The normalized spacial score (nSPS) is 17.7. The van der Waals surface area contributed by atoms with Gasteiger partial charge in [-0.15, -0.1) is 0 Å². The van der Waals surface area contributed by atoms with E-state index in [2.05, 4.69) is 0 Å². The number of nitrogens with zero attached hydrogens (tertiary/aromatic N) is 2. The summed E-state index contributed by atoms with van der Waals surface area (Å²) >= 11 is 0. The topological polar surface area (TPSA) is 53.8 Å². The molecule has 2 aromatic carbocycles. The van der Waals surface area contributed by atoms with Crippen LogP contribution in [0, 0.1) is 12.7 Å². The van der Waals surface area contributed by atoms with E-state index >= 15 is 0 Å². The van der Waals surface area contributed by atoms with E-state index in [9.17, 15) is 14.0 Å². The van der Waals surface area contributed by atoms with Crippen LogP contribution in [0.4, 0.5) is 4.39 Å². The Morgan fingerprint density at radius 2 is 1.82 bits per heavy atom. The molecule has 1 spiro atoms. The van der Waals surface area contributed by atoms with Crippen molar-refractivity contribution in [2.24, 2.45) is 0 Å². The molecule has 0 aliphatic carbocycles. The number of carbonyl (C=O) groups is 2. The first kappa shape index (κ1) is 21.4. The molecule has 170 valence electrons. The van der Waals surface area contributed by atoms with Crippen LogP contribution in [0.2, 0.25) is 0 Å². The van der Waals surface area contributed by atoms with Gasteiger partial charge in [0.25, 0.3) is 5.91 Å². The number of piperidine rings is 1. The first-order valence-electron chi connectivity index (χ1n) is 11.5. The highest BCUT2D eigenvalue weighted by Gasteiger charge is 2.47. The number of hydrogen-bond acceptors (Lipinski definition) is 3. The van der Waals surface area contributed by atoms with E-state index in [-0.39, 0.29) is 29.7 Å². The van der Waals surface area contributed by atoms with E-state index in [1.807, 2.05) is 53.1 Å². The molecule has 33 heavy (non-hydrogen) atoms. The molecular weight excluding hydrogens is 419 g/mol. The molecule has 0 saturated carbocycles. The maximum Gasteiger partial charge on any atom is 0.253 e. The number of benzene rings is 2. The van der Waals surface area contributed by atoms with Gasteiger partial charge in [0.05, 0.1) is 0 Å². The zero-order valence-corrected chi connectivity index (χ0v) is 18.7. The van der Waals surface area contributed by atoms with Gasteiger partial charge in [-0.1, -0.05) is 30.3 Å². The predicted octanol–water partition coefficient (Wildman–Crippen LogP) is 5.19. The fraction of sp³-hybridized carbons (Fsp3) is 0.333. The molecule has 2 saturated heterocycles. The van der Waals surface area contributed by atoms with E-state index in [0.29, 0.717) is 43.5 Å². The molecule has 2 amide bonds. The molecule has 1 aromatic heterocycles. The average molecular weight is 447 g/mol. The molecular formula is C27H27FN2O3. The van der Waals surface area contributed by atoms with Gasteiger partial charge in [0.2, 0.25) is 5.91 Å². The Morgan fingerprint density at radius 1 is 1.03 bits per heavy atom. The quantitative estimate of drug-likeness (QED) is 0.554. The molecule has 5 rings (SSSR count). The van der Waals surface area contributed by atoms with Gasteiger partial charge in [0.15, 0.2) is 0 Å². The van der Waals surface area contributed by atoms with Crippen LogP contribution in [-0.2, 0) is 11.3 Å². The number of amides is 2. The van der Waals surface area contributed by atoms with Gasteiger partial charge in [-0.05, 0) is 56.5 Å². The van der Waals surface area contributed by atoms with Crippen LogP contribution in [0.15, 0.2) is 65.1 Å². The lowest BCUT2D eigenvalue weighted by Crippen LogP contribution is -2.53. The molecule has 3 heterocycles. The Morgan fingerprint density at radius 3 is 2.55 bits per heavy atom. The first-order chi connectivity index (χ1) is 15.9. The highest BCUT2D eigenvalue weighted by Crippen LogP contribution is 2.40. The summed E-state index contributed by atoms with van der Waals surface area (Å²) in [6, 6.07) is 17.9. The minimum Gasteiger partial charge on any atom is -0.461 e. The Kier molecular flexibility index (Phi) is 5.52. The van der Waals surface area contributed by atoms with Crippen molar-refractivity contribution < 1.29 is 18.4 Å². The van der Waals surface area contributed by atoms with Crippen LogP contribution in [0.3, 0.4) is 0 Å². The Balaban J connectivity index is 1.30. The summed E-state index contributed by atoms with van der Waals surface area (Å²) in [6.45, 7) is 3.32. The summed E-state index contributed by atoms with van der Waals surface area (Å²) in [6.07, 6.45) is 2.65. The lowest BCUT2D eigenvalue weighted by Gasteiger charge is -2.45. The molecule has 2 fully saturated rings. The zero-order chi connectivity index (χ0) is 23.0. The smallest absolute Gasteiger partial charge is 0.253 e. The van der Waals surface area contributed by atoms with Crippen LogP contribution in [-0.4, -0.2) is 40.2 Å². The number of carbonyl (C=O) groups excluding carboxylic acids is 2. The van der Waals surface area contributed by atoms with Crippen LogP contribution in [0.25, 0.3) is 11.3 Å². The van der Waals surface area contributed by atoms with Gasteiger partial charge in [0.1, 0.15) is 17.3 Å². The van der Waals surface area contributed by atoms with Gasteiger partial charge >= 0.3 is 0 Å². The summed E-state index contributed by atoms with van der Waals surface area (Å²) in [7, 11) is 0. The number of likely N-dealkylation sites (tertiary alicyclic amines) is 2. The Labute approximate surface area is 192 Å². The van der Waals surface area contributed by atoms with Crippen LogP contribution < -0.4 is 0 Å². The third-order valence-electron chi connectivity index (χ3n) is 7.08. The average Bonchev–Trinajstić information content (AvgIpc) is 3.40. The lowest BCUT2D eigenvalue weighted by molar-refractivity contribution is -0.133. The third-order valence-corrected chi connectivity index (χ3v) is 7.08. The fourth-order valence-electron chi connectivity index (χ4n) is 5.15. The third kappa shape index (κ3) is 4.06. The van der Waals surface area contributed by atoms with Gasteiger partial charge in [-0.2, -0.15) is 0 Å². The summed E-state index contributed by atoms with van der Waals surface area (Å²) in [5.41, 5.74) is 1.74. The Bertz CT molecular complexity index is 1190. The minimum absolute atomic E-state index is 0.0139. The first-order valence-corrected chi connectivity index (χ1v) is 11.5. The monoisotopic (exact) mass is 446 g/mol. The number of rotatable bonds is 4. The van der Waals surface area contributed by atoms with Crippen molar-refractivity contribution in [3.05, 3.63) is 83.4 Å². The second-order valence-electron chi connectivity index (χ2n) is 9.08. The summed E-state index contributed by atoms with van der Waals surface area (Å²) in [5.74, 6) is 1.34. The predicted molar refractivity (Wildman–Crippen MR) is 123 cm³/mol. The van der Waals surface area contributed by atoms with Crippen molar-refractivity contribution in [1.29, 1.82) is 0 Å². The molecule has 0 radical (unpaired) electrons. The minimum atomic E-state index is -0.302. The fourth-order valence-corrected chi connectivity index (χ4v) is 5.15. The van der Waals surface area contributed by atoms with Gasteiger partial charge < -0.3 is 14.2 Å². The molecule has 0 bridgehead atoms. The van der Waals surface area contributed by atoms with Crippen LogP contribution in [0.5, 0.6) is 0 Å². The summed E-state index contributed by atoms with van der Waals surface area (Å²) in [5, 5.41) is 0. The van der Waals surface area contributed by atoms with Crippen LogP contribution in [0.1, 0.15) is 47.4 Å². The molecule has 3 aromatic rings. The maximum absolute atomic E-state index is 14.2. The number of furan rings is 1. The standard InChI is InChI=1S/C27H27FN2O3/c1-19-9-10-24(33-19)20-6-4-7-21(17-20)26(32)29-15-13-27(14-16-29)12-11-25(31)30(27)18-22-5-2-3-8-23(22)28/h2-10,17H,11-16,18H2,1H3. The van der Waals surface area contributed by atoms with E-state index < -0.39 is 0 Å². The van der Waals surface area contributed by atoms with Crippen molar-refractivity contribution in [1.82, 2.24) is 9.80 Å². The molecule has 2 aliphatic heterocycles. The van der Waals surface area contributed by atoms with Crippen molar-refractivity contribution in [2.45, 2.75) is 44.7 Å². The largest absolute Gasteiger partial charge is 0.461 e. The van der Waals surface area contributed by atoms with Crippen LogP contribution >= 0.6 is 0 Å². The summed E-state index contributed by atoms with van der Waals surface area (Å²) in [4.78, 5) is 29.6. The Hall–Kier alpha value is -3.41. The van der Waals surface area contributed by atoms with Crippen molar-refractivity contribution in [3.8, 4) is 11.3 Å². The SMILES string of the molecule is Cc1ccc(-c2cccc(C(=O)N3CCC4(CCC(=O)N4Cc4ccccc4F)CC3)c2)o1. The highest BCUT2D eigenvalue weighted by molar-refractivity contribution is 5.95. The van der Waals surface area contributed by atoms with Gasteiger partial charge in [0, 0.05) is 48.3 Å². The van der Waals surface area contributed by atoms with Gasteiger partial charge in [-0.3, -0.25) is 9.59 Å². The maximum atomic E-state index is 14.2. The molecule has 0 N–H and O–H groups in total. The number of hydrogen-bond donors (Lipinski definition) is 0. The van der Waals surface area contributed by atoms with E-state index in [1.54, 1.807) is 18.2 Å².